The summed E-state index contributed by atoms with van der Waals surface area (Å²) in [7, 11) is 1.88. The molecule has 2 fully saturated rings. The Morgan fingerprint density at radius 1 is 1.29 bits per heavy atom. The average molecular weight is 292 g/mol. The molecule has 2 aliphatic heterocycles. The lowest BCUT2D eigenvalue weighted by Crippen LogP contribution is -2.58. The normalized spacial score (nSPS) is 30.4. The van der Waals surface area contributed by atoms with Crippen molar-refractivity contribution in [3.63, 3.8) is 0 Å². The van der Waals surface area contributed by atoms with Crippen LogP contribution >= 0.6 is 0 Å². The van der Waals surface area contributed by atoms with Crippen molar-refractivity contribution in [1.29, 1.82) is 5.26 Å². The maximum atomic E-state index is 9.18. The Balaban J connectivity index is 1.72. The second-order valence-corrected chi connectivity index (χ2v) is 7.14. The maximum Gasteiger partial charge on any atom is 0.103 e. The van der Waals surface area contributed by atoms with Crippen LogP contribution in [-0.2, 0) is 0 Å². The standard InChI is InChI=1S/C17H32N4/c1-15-12-21-11-6-4-8-16(21)13-20(15)10-7-5-9-17(2,14-18)19-3/h15-16,19H,4-13H2,1-3H3. The van der Waals surface area contributed by atoms with E-state index in [0.717, 1.165) is 18.9 Å². The fourth-order valence-electron chi connectivity index (χ4n) is 3.75. The molecule has 0 aromatic rings. The van der Waals surface area contributed by atoms with Gasteiger partial charge in [0.2, 0.25) is 0 Å². The lowest BCUT2D eigenvalue weighted by atomic mass is 9.95. The molecule has 3 atom stereocenters. The molecule has 0 bridgehead atoms. The Labute approximate surface area is 130 Å². The molecule has 4 heteroatoms. The molecule has 2 saturated heterocycles. The molecule has 1 N–H and O–H groups in total. The molecular weight excluding hydrogens is 260 g/mol. The molecule has 4 nitrogen and oxygen atoms in total. The highest BCUT2D eigenvalue weighted by Gasteiger charge is 2.32. The quantitative estimate of drug-likeness (QED) is 0.762. The predicted octanol–water partition coefficient (Wildman–Crippen LogP) is 2.22. The number of fused-ring (bicyclic) bond motifs is 1. The fraction of sp³-hybridized carbons (Fsp3) is 0.941. The number of piperidine rings is 1. The van der Waals surface area contributed by atoms with Crippen molar-refractivity contribution < 1.29 is 0 Å². The van der Waals surface area contributed by atoms with Gasteiger partial charge in [-0.15, -0.1) is 0 Å². The van der Waals surface area contributed by atoms with E-state index >= 15 is 0 Å². The van der Waals surface area contributed by atoms with E-state index in [4.69, 9.17) is 0 Å². The fourth-order valence-corrected chi connectivity index (χ4v) is 3.75. The summed E-state index contributed by atoms with van der Waals surface area (Å²) in [5, 5.41) is 12.3. The summed E-state index contributed by atoms with van der Waals surface area (Å²) in [6.07, 6.45) is 7.46. The van der Waals surface area contributed by atoms with Gasteiger partial charge in [0.15, 0.2) is 0 Å². The van der Waals surface area contributed by atoms with Crippen LogP contribution in [0.3, 0.4) is 0 Å². The number of hydrogen-bond donors (Lipinski definition) is 1. The SMILES string of the molecule is CNC(C)(C#N)CCCCN1CC2CCCCN2CC1C. The lowest BCUT2D eigenvalue weighted by molar-refractivity contribution is 0.0145. The number of rotatable bonds is 6. The van der Waals surface area contributed by atoms with Crippen LogP contribution in [0.4, 0.5) is 0 Å². The first-order chi connectivity index (χ1) is 10.1. The Morgan fingerprint density at radius 3 is 2.81 bits per heavy atom. The Hall–Kier alpha value is -0.630. The van der Waals surface area contributed by atoms with Crippen molar-refractivity contribution in [3.8, 4) is 6.07 Å². The number of nitrogens with zero attached hydrogens (tertiary/aromatic N) is 3. The van der Waals surface area contributed by atoms with E-state index in [-0.39, 0.29) is 5.54 Å². The van der Waals surface area contributed by atoms with E-state index in [1.54, 1.807) is 0 Å². The predicted molar refractivity (Wildman–Crippen MR) is 87.2 cm³/mol. The van der Waals surface area contributed by atoms with Crippen molar-refractivity contribution in [3.05, 3.63) is 0 Å². The van der Waals surface area contributed by atoms with Crippen LogP contribution in [0.1, 0.15) is 52.4 Å². The molecule has 2 aliphatic rings. The number of hydrogen-bond acceptors (Lipinski definition) is 4. The Bertz CT molecular complexity index is 364. The second kappa shape index (κ2) is 7.58. The van der Waals surface area contributed by atoms with Crippen LogP contribution in [0.5, 0.6) is 0 Å². The zero-order valence-electron chi connectivity index (χ0n) is 14.1. The number of nitriles is 1. The van der Waals surface area contributed by atoms with Gasteiger partial charge in [-0.25, -0.2) is 0 Å². The van der Waals surface area contributed by atoms with Gasteiger partial charge >= 0.3 is 0 Å². The van der Waals surface area contributed by atoms with E-state index in [1.807, 2.05) is 14.0 Å². The van der Waals surface area contributed by atoms with Crippen LogP contribution in [-0.4, -0.2) is 60.6 Å². The summed E-state index contributed by atoms with van der Waals surface area (Å²) < 4.78 is 0. The average Bonchev–Trinajstić information content (AvgIpc) is 2.51. The highest BCUT2D eigenvalue weighted by atomic mass is 15.3. The van der Waals surface area contributed by atoms with Crippen LogP contribution in [0.2, 0.25) is 0 Å². The van der Waals surface area contributed by atoms with E-state index in [0.29, 0.717) is 6.04 Å². The summed E-state index contributed by atoms with van der Waals surface area (Å²) in [6, 6.07) is 3.87. The van der Waals surface area contributed by atoms with Crippen molar-refractivity contribution in [2.45, 2.75) is 70.0 Å². The molecule has 0 aromatic heterocycles. The minimum Gasteiger partial charge on any atom is -0.303 e. The Morgan fingerprint density at radius 2 is 2.10 bits per heavy atom. The molecule has 2 rings (SSSR count). The van der Waals surface area contributed by atoms with Crippen molar-refractivity contribution in [2.24, 2.45) is 0 Å². The molecule has 2 heterocycles. The summed E-state index contributed by atoms with van der Waals surface area (Å²) >= 11 is 0. The van der Waals surface area contributed by atoms with Crippen LogP contribution in [0.25, 0.3) is 0 Å². The van der Waals surface area contributed by atoms with Gasteiger partial charge in [0, 0.05) is 25.2 Å². The van der Waals surface area contributed by atoms with Gasteiger partial charge < -0.3 is 5.32 Å². The molecule has 21 heavy (non-hydrogen) atoms. The van der Waals surface area contributed by atoms with E-state index in [9.17, 15) is 5.26 Å². The molecule has 120 valence electrons. The highest BCUT2D eigenvalue weighted by molar-refractivity contribution is 5.02. The molecule has 3 unspecified atom stereocenters. The third kappa shape index (κ3) is 4.42. The molecule has 0 radical (unpaired) electrons. The van der Waals surface area contributed by atoms with E-state index < -0.39 is 0 Å². The van der Waals surface area contributed by atoms with Crippen LogP contribution in [0, 0.1) is 11.3 Å². The first-order valence-electron chi connectivity index (χ1n) is 8.66. The first-order valence-corrected chi connectivity index (χ1v) is 8.66. The monoisotopic (exact) mass is 292 g/mol. The minimum absolute atomic E-state index is 0.353. The summed E-state index contributed by atoms with van der Waals surface area (Å²) in [6.45, 7) is 9.37. The molecular formula is C17H32N4. The van der Waals surface area contributed by atoms with Crippen LogP contribution < -0.4 is 5.32 Å². The Kier molecular flexibility index (Phi) is 6.04. The smallest absolute Gasteiger partial charge is 0.103 e. The van der Waals surface area contributed by atoms with Gasteiger partial charge in [-0.3, -0.25) is 9.80 Å². The number of unbranched alkanes of at least 4 members (excludes halogenated alkanes) is 1. The van der Waals surface area contributed by atoms with Crippen molar-refractivity contribution in [2.75, 3.05) is 33.2 Å². The van der Waals surface area contributed by atoms with Gasteiger partial charge in [0.1, 0.15) is 5.54 Å². The number of piperazine rings is 1. The minimum atomic E-state index is -0.353. The van der Waals surface area contributed by atoms with E-state index in [2.05, 4.69) is 28.1 Å². The van der Waals surface area contributed by atoms with Gasteiger partial charge in [-0.05, 0) is 66.1 Å². The van der Waals surface area contributed by atoms with Gasteiger partial charge in [0.05, 0.1) is 6.07 Å². The lowest BCUT2D eigenvalue weighted by Gasteiger charge is -2.47. The maximum absolute atomic E-state index is 9.18. The third-order valence-electron chi connectivity index (χ3n) is 5.49. The van der Waals surface area contributed by atoms with E-state index in [1.165, 1.54) is 51.9 Å². The molecule has 0 aromatic carbocycles. The molecule has 0 amide bonds. The third-order valence-corrected chi connectivity index (χ3v) is 5.49. The van der Waals surface area contributed by atoms with Crippen molar-refractivity contribution in [1.82, 2.24) is 15.1 Å². The largest absolute Gasteiger partial charge is 0.303 e. The highest BCUT2D eigenvalue weighted by Crippen LogP contribution is 2.24. The first kappa shape index (κ1) is 16.7. The molecule has 0 aliphatic carbocycles. The molecule has 0 saturated carbocycles. The van der Waals surface area contributed by atoms with Crippen LogP contribution in [0.15, 0.2) is 0 Å². The summed E-state index contributed by atoms with van der Waals surface area (Å²) in [5.74, 6) is 0. The van der Waals surface area contributed by atoms with Gasteiger partial charge in [0.25, 0.3) is 0 Å². The zero-order chi connectivity index (χ0) is 15.3. The topological polar surface area (TPSA) is 42.3 Å². The van der Waals surface area contributed by atoms with Crippen molar-refractivity contribution >= 4 is 0 Å². The second-order valence-electron chi connectivity index (χ2n) is 7.14. The van der Waals surface area contributed by atoms with Gasteiger partial charge in [-0.2, -0.15) is 5.26 Å². The van der Waals surface area contributed by atoms with Gasteiger partial charge in [-0.1, -0.05) is 6.42 Å². The summed E-state index contributed by atoms with van der Waals surface area (Å²) in [4.78, 5) is 5.38. The molecule has 0 spiro atoms. The zero-order valence-corrected chi connectivity index (χ0v) is 14.1. The summed E-state index contributed by atoms with van der Waals surface area (Å²) in [5.41, 5.74) is -0.353. The number of nitrogens with one attached hydrogen (secondary N) is 1.